The van der Waals surface area contributed by atoms with Gasteiger partial charge >= 0.3 is 0 Å². The lowest BCUT2D eigenvalue weighted by Gasteiger charge is -2.33. The molecule has 0 bridgehead atoms. The molecule has 2 atom stereocenters. The number of amides is 1. The fourth-order valence-electron chi connectivity index (χ4n) is 4.24. The van der Waals surface area contributed by atoms with Crippen LogP contribution in [0.2, 0.25) is 0 Å². The average Bonchev–Trinajstić information content (AvgIpc) is 3.25. The molecule has 3 aromatic rings. The van der Waals surface area contributed by atoms with E-state index in [2.05, 4.69) is 32.9 Å². The van der Waals surface area contributed by atoms with Gasteiger partial charge in [-0.1, -0.05) is 23.7 Å². The lowest BCUT2D eigenvalue weighted by Crippen LogP contribution is -2.46. The van der Waals surface area contributed by atoms with E-state index in [9.17, 15) is 18.0 Å². The van der Waals surface area contributed by atoms with Crippen LogP contribution < -0.4 is 20.7 Å². The van der Waals surface area contributed by atoms with Crippen LogP contribution in [0.5, 0.6) is 5.75 Å². The molecule has 1 aromatic carbocycles. The van der Waals surface area contributed by atoms with Gasteiger partial charge in [0.05, 0.1) is 35.8 Å². The number of thioether (sulfide) groups is 1. The van der Waals surface area contributed by atoms with Gasteiger partial charge in [-0.15, -0.1) is 0 Å². The van der Waals surface area contributed by atoms with E-state index in [0.29, 0.717) is 53.1 Å². The van der Waals surface area contributed by atoms with Crippen LogP contribution in [0.3, 0.4) is 0 Å². The Morgan fingerprint density at radius 1 is 1.32 bits per heavy atom. The summed E-state index contributed by atoms with van der Waals surface area (Å²) < 4.78 is 48.3. The highest BCUT2D eigenvalue weighted by molar-refractivity contribution is 7.99. The lowest BCUT2D eigenvalue weighted by molar-refractivity contribution is 0.0962. The van der Waals surface area contributed by atoms with Crippen LogP contribution in [0.1, 0.15) is 22.5 Å². The third kappa shape index (κ3) is 6.28. The Morgan fingerprint density at radius 3 is 2.84 bits per heavy atom. The van der Waals surface area contributed by atoms with Gasteiger partial charge in [0.2, 0.25) is 0 Å². The van der Waals surface area contributed by atoms with Gasteiger partial charge < -0.3 is 25.6 Å². The normalized spacial score (nSPS) is 17.7. The van der Waals surface area contributed by atoms with Crippen molar-refractivity contribution in [3.05, 3.63) is 47.7 Å². The van der Waals surface area contributed by atoms with Gasteiger partial charge in [-0.05, 0) is 49.7 Å². The fraction of sp³-hybridized carbons (Fsp3) is 0.385. The van der Waals surface area contributed by atoms with E-state index in [4.69, 9.17) is 4.74 Å². The van der Waals surface area contributed by atoms with Crippen LogP contribution in [-0.2, 0) is 0 Å². The summed E-state index contributed by atoms with van der Waals surface area (Å²) in [5.41, 5.74) is 1.74. The zero-order valence-corrected chi connectivity index (χ0v) is 22.0. The lowest BCUT2D eigenvalue weighted by atomic mass is 10.0. The predicted molar refractivity (Wildman–Crippen MR) is 143 cm³/mol. The molecule has 0 spiro atoms. The Morgan fingerprint density at radius 2 is 2.13 bits per heavy atom. The first-order valence-corrected chi connectivity index (χ1v) is 12.9. The average molecular weight is 547 g/mol. The second kappa shape index (κ2) is 12.3. The van der Waals surface area contributed by atoms with Gasteiger partial charge in [0, 0.05) is 25.7 Å². The molecule has 0 radical (unpaired) electrons. The van der Waals surface area contributed by atoms with E-state index in [0.717, 1.165) is 6.54 Å². The summed E-state index contributed by atoms with van der Waals surface area (Å²) in [5, 5.41) is 13.4. The van der Waals surface area contributed by atoms with Crippen molar-refractivity contribution in [1.82, 2.24) is 19.8 Å². The molecule has 3 heterocycles. The molecule has 1 saturated heterocycles. The Hall–Kier alpha value is -3.56. The van der Waals surface area contributed by atoms with Crippen molar-refractivity contribution in [3.63, 3.8) is 0 Å². The molecule has 1 amide bonds. The van der Waals surface area contributed by atoms with Gasteiger partial charge in [-0.3, -0.25) is 4.79 Å². The Kier molecular flexibility index (Phi) is 8.91. The number of ether oxygens (including phenoxy) is 1. The maximum atomic E-state index is 14.6. The molecule has 1 fully saturated rings. The molecular formula is C26H29F3N6O2S. The van der Waals surface area contributed by atoms with Crippen molar-refractivity contribution in [2.75, 3.05) is 51.5 Å². The highest BCUT2D eigenvalue weighted by Crippen LogP contribution is 2.34. The molecule has 38 heavy (non-hydrogen) atoms. The molecule has 4 rings (SSSR count). The zero-order valence-electron chi connectivity index (χ0n) is 21.2. The number of piperidine rings is 1. The Balaban J connectivity index is 1.56. The van der Waals surface area contributed by atoms with Crippen molar-refractivity contribution in [3.8, 4) is 17.6 Å². The summed E-state index contributed by atoms with van der Waals surface area (Å²) in [5.74, 6) is 3.89. The van der Waals surface area contributed by atoms with Crippen LogP contribution in [0.15, 0.2) is 41.3 Å². The first-order valence-electron chi connectivity index (χ1n) is 12.0. The monoisotopic (exact) mass is 546 g/mol. The first-order chi connectivity index (χ1) is 18.3. The number of nitrogens with zero attached hydrogens (tertiary/aromatic N) is 3. The van der Waals surface area contributed by atoms with E-state index in [-0.39, 0.29) is 23.0 Å². The van der Waals surface area contributed by atoms with Gasteiger partial charge in [-0.25, -0.2) is 8.91 Å². The molecule has 1 aliphatic heterocycles. The maximum Gasteiger partial charge on any atom is 0.289 e. The number of benzene rings is 1. The largest absolute Gasteiger partial charge is 0.495 e. The number of carbonyl (C=O) groups excluding carboxylic acids is 1. The third-order valence-corrected chi connectivity index (χ3v) is 6.98. The number of hydrogen-bond acceptors (Lipinski definition) is 7. The van der Waals surface area contributed by atoms with E-state index >= 15 is 0 Å². The van der Waals surface area contributed by atoms with Gasteiger partial charge in [0.1, 0.15) is 23.4 Å². The van der Waals surface area contributed by atoms with Crippen LogP contribution >= 0.6 is 11.8 Å². The quantitative estimate of drug-likeness (QED) is 0.292. The van der Waals surface area contributed by atoms with E-state index in [1.54, 1.807) is 43.4 Å². The fourth-order valence-corrected chi connectivity index (χ4v) is 4.90. The summed E-state index contributed by atoms with van der Waals surface area (Å²) in [6.07, 6.45) is -0.456. The molecule has 2 aromatic heterocycles. The van der Waals surface area contributed by atoms with Gasteiger partial charge in [-0.2, -0.15) is 13.9 Å². The highest BCUT2D eigenvalue weighted by atomic mass is 32.2. The van der Waals surface area contributed by atoms with Crippen LogP contribution in [0.4, 0.5) is 24.7 Å². The third-order valence-electron chi connectivity index (χ3n) is 6.16. The number of fused-ring (bicyclic) bond motifs is 1. The van der Waals surface area contributed by atoms with Gasteiger partial charge in [0.15, 0.2) is 0 Å². The number of carbonyl (C=O) groups is 1. The van der Waals surface area contributed by atoms with E-state index < -0.39 is 18.0 Å². The minimum Gasteiger partial charge on any atom is -0.495 e. The summed E-state index contributed by atoms with van der Waals surface area (Å²) in [6, 6.07) is 9.71. The van der Waals surface area contributed by atoms with Crippen molar-refractivity contribution in [2.24, 2.45) is 0 Å². The number of aromatic nitrogens is 2. The number of likely N-dealkylation sites (tertiary alicyclic amines) is 1. The predicted octanol–water partition coefficient (Wildman–Crippen LogP) is 3.93. The zero-order chi connectivity index (χ0) is 27.2. The first kappa shape index (κ1) is 27.5. The molecule has 1 aliphatic rings. The number of alkyl halides is 3. The standard InChI is InChI=1S/C26H29F3N6O2S/c1-30-25(36)16-9-10-19(22(14-16)37-3)31-12-5-6-20-24(38-26(28)29)21-7-4-8-23(35(21)33-20)32-18-11-13-34(2)15-17(18)27/h4,7-10,14,17-18,26,31-32H,11-13,15H2,1-3H3,(H,30,36)/t17-,18+/m0/s1. The minimum atomic E-state index is -2.66. The number of anilines is 2. The van der Waals surface area contributed by atoms with Crippen molar-refractivity contribution in [1.29, 1.82) is 0 Å². The van der Waals surface area contributed by atoms with Crippen molar-refractivity contribution < 1.29 is 22.7 Å². The van der Waals surface area contributed by atoms with Crippen molar-refractivity contribution in [2.45, 2.75) is 29.3 Å². The number of methoxy groups -OCH3 is 1. The van der Waals surface area contributed by atoms with Crippen LogP contribution in [-0.4, -0.2) is 79.2 Å². The Bertz CT molecular complexity index is 1360. The minimum absolute atomic E-state index is 0.173. The number of halogens is 3. The molecule has 202 valence electrons. The summed E-state index contributed by atoms with van der Waals surface area (Å²) in [6.45, 7) is 1.25. The van der Waals surface area contributed by atoms with Crippen LogP contribution in [0.25, 0.3) is 5.52 Å². The van der Waals surface area contributed by atoms with Gasteiger partial charge in [0.25, 0.3) is 11.7 Å². The number of hydrogen-bond donors (Lipinski definition) is 3. The highest BCUT2D eigenvalue weighted by Gasteiger charge is 2.28. The van der Waals surface area contributed by atoms with Crippen molar-refractivity contribution >= 4 is 34.7 Å². The van der Waals surface area contributed by atoms with Crippen LogP contribution in [0, 0.1) is 11.8 Å². The number of pyridine rings is 1. The molecular weight excluding hydrogens is 517 g/mol. The molecule has 0 aliphatic carbocycles. The Labute approximate surface area is 223 Å². The molecule has 8 nitrogen and oxygen atoms in total. The number of nitrogens with one attached hydrogen (secondary N) is 3. The number of rotatable bonds is 8. The van der Waals surface area contributed by atoms with E-state index in [1.807, 2.05) is 11.9 Å². The topological polar surface area (TPSA) is 82.9 Å². The molecule has 0 saturated carbocycles. The molecule has 12 heteroatoms. The summed E-state index contributed by atoms with van der Waals surface area (Å²) >= 11 is 0.378. The maximum absolute atomic E-state index is 14.6. The smallest absolute Gasteiger partial charge is 0.289 e. The SMILES string of the molecule is CNC(=O)c1ccc(NCC#Cc2nn3c(N[C@@H]4CCN(C)C[C@@H]4F)cccc3c2SC(F)F)c(OC)c1. The second-order valence-electron chi connectivity index (χ2n) is 8.73. The van der Waals surface area contributed by atoms with E-state index in [1.165, 1.54) is 11.6 Å². The second-order valence-corrected chi connectivity index (χ2v) is 9.73. The summed E-state index contributed by atoms with van der Waals surface area (Å²) in [4.78, 5) is 14.0. The summed E-state index contributed by atoms with van der Waals surface area (Å²) in [7, 11) is 4.91. The molecule has 0 unspecified atom stereocenters. The molecule has 3 N–H and O–H groups in total.